The maximum atomic E-state index is 12.8. The van der Waals surface area contributed by atoms with Gasteiger partial charge in [-0.2, -0.15) is 0 Å². The van der Waals surface area contributed by atoms with Gasteiger partial charge in [-0.15, -0.1) is 0 Å². The fourth-order valence-corrected chi connectivity index (χ4v) is 2.50. The molecule has 12 heteroatoms. The fraction of sp³-hybridized carbons (Fsp3) is 0.476. The van der Waals surface area contributed by atoms with Gasteiger partial charge in [0.15, 0.2) is 6.10 Å². The monoisotopic (exact) mass is 466 g/mol. The quantitative estimate of drug-likeness (QED) is 0.336. The minimum absolute atomic E-state index is 0.133. The number of amides is 4. The van der Waals surface area contributed by atoms with Crippen LogP contribution in [-0.2, 0) is 35.3 Å². The van der Waals surface area contributed by atoms with Crippen LogP contribution in [0.4, 0.5) is 4.79 Å². The first-order valence-electron chi connectivity index (χ1n) is 10.0. The number of benzene rings is 1. The van der Waals surface area contributed by atoms with Gasteiger partial charge in [0.05, 0.1) is 0 Å². The molecule has 0 aliphatic heterocycles. The van der Waals surface area contributed by atoms with Crippen LogP contribution in [0.3, 0.4) is 0 Å². The van der Waals surface area contributed by atoms with Crippen molar-refractivity contribution in [1.82, 2.24) is 10.2 Å². The molecule has 12 nitrogen and oxygen atoms in total. The third-order valence-corrected chi connectivity index (χ3v) is 4.16. The van der Waals surface area contributed by atoms with E-state index in [1.54, 1.807) is 51.1 Å². The Hall–Kier alpha value is -3.51. The zero-order valence-electron chi connectivity index (χ0n) is 18.9. The number of rotatable bonds is 9. The predicted molar refractivity (Wildman–Crippen MR) is 115 cm³/mol. The van der Waals surface area contributed by atoms with Crippen molar-refractivity contribution in [3.8, 4) is 0 Å². The Bertz CT molecular complexity index is 869. The molecule has 0 unspecified atom stereocenters. The molecule has 0 radical (unpaired) electrons. The van der Waals surface area contributed by atoms with E-state index in [0.29, 0.717) is 10.5 Å². The lowest BCUT2D eigenvalue weighted by Crippen LogP contribution is -2.60. The Balaban J connectivity index is 3.01. The number of aliphatic hydroxyl groups is 1. The normalized spacial score (nSPS) is 13.8. The lowest BCUT2D eigenvalue weighted by Gasteiger charge is -2.29. The molecule has 33 heavy (non-hydrogen) atoms. The molecule has 182 valence electrons. The van der Waals surface area contributed by atoms with Gasteiger partial charge in [-0.05, 0) is 33.3 Å². The van der Waals surface area contributed by atoms with Crippen LogP contribution in [0.1, 0.15) is 33.3 Å². The molecule has 0 spiro atoms. The molecule has 0 saturated heterocycles. The number of nitrogens with zero attached hydrogens (tertiary/aromatic N) is 1. The van der Waals surface area contributed by atoms with Crippen molar-refractivity contribution >= 4 is 29.8 Å². The van der Waals surface area contributed by atoms with Crippen molar-refractivity contribution in [2.24, 2.45) is 11.5 Å². The minimum atomic E-state index is -2.11. The molecule has 1 aromatic carbocycles. The van der Waals surface area contributed by atoms with Crippen LogP contribution in [0.2, 0.25) is 0 Å². The van der Waals surface area contributed by atoms with Gasteiger partial charge in [0.2, 0.25) is 17.7 Å². The van der Waals surface area contributed by atoms with E-state index < -0.39 is 60.1 Å². The number of hydrogen-bond donors (Lipinski definition) is 4. The van der Waals surface area contributed by atoms with Crippen LogP contribution in [0.5, 0.6) is 0 Å². The molecule has 1 aromatic rings. The summed E-state index contributed by atoms with van der Waals surface area (Å²) in [6, 6.07) is 5.22. The lowest BCUT2D eigenvalue weighted by molar-refractivity contribution is -0.162. The van der Waals surface area contributed by atoms with Gasteiger partial charge in [0.1, 0.15) is 30.8 Å². The first-order valence-corrected chi connectivity index (χ1v) is 10.0. The summed E-state index contributed by atoms with van der Waals surface area (Å²) in [5, 5.41) is 11.9. The number of alkyl carbamates (subject to hydrolysis) is 1. The zero-order valence-corrected chi connectivity index (χ0v) is 18.9. The first-order chi connectivity index (χ1) is 15.2. The second-order valence-electron chi connectivity index (χ2n) is 8.10. The summed E-state index contributed by atoms with van der Waals surface area (Å²) in [6.07, 6.45) is -3.05. The Kier molecular flexibility index (Phi) is 9.95. The summed E-state index contributed by atoms with van der Waals surface area (Å²) < 4.78 is 10.2. The Morgan fingerprint density at radius 1 is 1.12 bits per heavy atom. The second-order valence-corrected chi connectivity index (χ2v) is 8.10. The summed E-state index contributed by atoms with van der Waals surface area (Å²) in [4.78, 5) is 61.5. The van der Waals surface area contributed by atoms with Gasteiger partial charge < -0.3 is 31.4 Å². The van der Waals surface area contributed by atoms with E-state index in [1.165, 1.54) is 6.92 Å². The van der Waals surface area contributed by atoms with Crippen molar-refractivity contribution < 1.29 is 38.6 Å². The van der Waals surface area contributed by atoms with Gasteiger partial charge in [-0.1, -0.05) is 30.3 Å². The largest absolute Gasteiger partial charge is 0.459 e. The summed E-state index contributed by atoms with van der Waals surface area (Å²) in [5.41, 5.74) is 10.4. The Labute approximate surface area is 191 Å². The van der Waals surface area contributed by atoms with Crippen molar-refractivity contribution in [1.29, 1.82) is 0 Å². The number of primary amides is 1. The highest BCUT2D eigenvalue weighted by Gasteiger charge is 2.39. The van der Waals surface area contributed by atoms with Crippen molar-refractivity contribution in [2.45, 2.75) is 58.1 Å². The minimum Gasteiger partial charge on any atom is -0.459 e. The number of nitrogens with one attached hydrogen (secondary N) is 1. The van der Waals surface area contributed by atoms with E-state index in [1.807, 2.05) is 0 Å². The van der Waals surface area contributed by atoms with E-state index >= 15 is 0 Å². The van der Waals surface area contributed by atoms with Crippen molar-refractivity contribution in [3.63, 3.8) is 0 Å². The molecule has 0 heterocycles. The molecule has 3 atom stereocenters. The molecule has 0 saturated carbocycles. The number of carbonyl (C=O) groups is 5. The smallest absolute Gasteiger partial charge is 0.408 e. The van der Waals surface area contributed by atoms with Gasteiger partial charge in [0.25, 0.3) is 0 Å². The molecule has 0 bridgehead atoms. The van der Waals surface area contributed by atoms with E-state index in [9.17, 15) is 29.1 Å². The van der Waals surface area contributed by atoms with Crippen LogP contribution in [0.25, 0.3) is 0 Å². The van der Waals surface area contributed by atoms with Crippen LogP contribution in [0, 0.1) is 0 Å². The first kappa shape index (κ1) is 27.5. The predicted octanol–water partition coefficient (Wildman–Crippen LogP) is -0.828. The van der Waals surface area contributed by atoms with Gasteiger partial charge in [-0.25, -0.2) is 9.59 Å². The summed E-state index contributed by atoms with van der Waals surface area (Å²) in [7, 11) is 0. The number of aliphatic hydroxyl groups excluding tert-OH is 1. The van der Waals surface area contributed by atoms with Crippen LogP contribution >= 0.6 is 0 Å². The summed E-state index contributed by atoms with van der Waals surface area (Å²) in [5.74, 6) is -4.57. The number of hydrogen-bond acceptors (Lipinski definition) is 9. The maximum absolute atomic E-state index is 12.8. The molecule has 4 amide bonds. The highest BCUT2D eigenvalue weighted by molar-refractivity contribution is 6.04. The fourth-order valence-electron chi connectivity index (χ4n) is 2.50. The standard InChI is InChI=1S/C21H30N4O8/c1-12(19(30)32-11-13-8-6-5-7-9-13)25(18(29)15(22)16(27)17(23)28)14(26)10-24-20(31)33-21(2,3)4/h5-9,12,15-16,27H,10-11,22H2,1-4H3,(H2,23,28)(H,24,31)/t12-,15-,16-/m0/s1. The van der Waals surface area contributed by atoms with Crippen LogP contribution in [0.15, 0.2) is 30.3 Å². The number of esters is 1. The molecule has 0 fully saturated rings. The molecule has 0 aromatic heterocycles. The number of imide groups is 1. The molecular formula is C21H30N4O8. The van der Waals surface area contributed by atoms with Crippen LogP contribution in [-0.4, -0.2) is 70.1 Å². The van der Waals surface area contributed by atoms with Crippen molar-refractivity contribution in [2.75, 3.05) is 6.54 Å². The van der Waals surface area contributed by atoms with Gasteiger partial charge in [0, 0.05) is 0 Å². The summed E-state index contributed by atoms with van der Waals surface area (Å²) in [6.45, 7) is 5.15. The molecule has 1 rings (SSSR count). The SMILES string of the molecule is C[C@@H](C(=O)OCc1ccccc1)N(C(=O)CNC(=O)OC(C)(C)C)C(=O)[C@@H](N)[C@H](O)C(N)=O. The Morgan fingerprint density at radius 3 is 2.21 bits per heavy atom. The summed E-state index contributed by atoms with van der Waals surface area (Å²) >= 11 is 0. The highest BCUT2D eigenvalue weighted by Crippen LogP contribution is 2.10. The Morgan fingerprint density at radius 2 is 1.70 bits per heavy atom. The average molecular weight is 466 g/mol. The maximum Gasteiger partial charge on any atom is 0.408 e. The lowest BCUT2D eigenvalue weighted by atomic mass is 10.1. The van der Waals surface area contributed by atoms with Gasteiger partial charge in [-0.3, -0.25) is 19.3 Å². The average Bonchev–Trinajstić information content (AvgIpc) is 2.74. The third-order valence-electron chi connectivity index (χ3n) is 4.16. The number of ether oxygens (including phenoxy) is 2. The molecule has 6 N–H and O–H groups in total. The van der Waals surface area contributed by atoms with E-state index in [-0.39, 0.29) is 6.61 Å². The third kappa shape index (κ3) is 8.86. The van der Waals surface area contributed by atoms with Crippen LogP contribution < -0.4 is 16.8 Å². The van der Waals surface area contributed by atoms with E-state index in [4.69, 9.17) is 20.9 Å². The van der Waals surface area contributed by atoms with Gasteiger partial charge >= 0.3 is 12.1 Å². The molecule has 0 aliphatic carbocycles. The van der Waals surface area contributed by atoms with Crippen molar-refractivity contribution in [3.05, 3.63) is 35.9 Å². The highest BCUT2D eigenvalue weighted by atomic mass is 16.6. The van der Waals surface area contributed by atoms with E-state index in [2.05, 4.69) is 5.32 Å². The number of carbonyl (C=O) groups excluding carboxylic acids is 5. The second kappa shape index (κ2) is 11.9. The molecular weight excluding hydrogens is 436 g/mol. The zero-order chi connectivity index (χ0) is 25.3. The topological polar surface area (TPSA) is 191 Å². The number of nitrogens with two attached hydrogens (primary N) is 2. The molecule has 0 aliphatic rings. The van der Waals surface area contributed by atoms with E-state index in [0.717, 1.165) is 0 Å².